The Morgan fingerprint density at radius 3 is 1.48 bits per heavy atom. The van der Waals surface area contributed by atoms with Crippen molar-refractivity contribution in [3.05, 3.63) is 156 Å². The summed E-state index contributed by atoms with van der Waals surface area (Å²) in [5.41, 5.74) is -0.304. The molecule has 0 N–H and O–H groups in total. The highest BCUT2D eigenvalue weighted by molar-refractivity contribution is 5.91. The van der Waals surface area contributed by atoms with Crippen LogP contribution in [0, 0.1) is 30.3 Å². The first-order chi connectivity index (χ1) is 24.0. The third-order valence-electron chi connectivity index (χ3n) is 7.34. The van der Waals surface area contributed by atoms with Gasteiger partial charge in [0.1, 0.15) is 12.7 Å². The number of ether oxygens (including phenoxy) is 5. The average Bonchev–Trinajstić information content (AvgIpc) is 3.44. The molecule has 5 rings (SSSR count). The number of carbonyl (C=O) groups is 3. The second-order valence-corrected chi connectivity index (χ2v) is 10.6. The van der Waals surface area contributed by atoms with Gasteiger partial charge in [0.05, 0.1) is 38.1 Å². The number of non-ortho nitro benzene ring substituents is 3. The molecule has 1 heterocycles. The fourth-order valence-electron chi connectivity index (χ4n) is 4.77. The van der Waals surface area contributed by atoms with Gasteiger partial charge in [-0.2, -0.15) is 0 Å². The van der Waals surface area contributed by atoms with Gasteiger partial charge in [0, 0.05) is 36.4 Å². The molecule has 50 heavy (non-hydrogen) atoms. The van der Waals surface area contributed by atoms with E-state index in [4.69, 9.17) is 23.7 Å². The Bertz CT molecular complexity index is 1880. The summed E-state index contributed by atoms with van der Waals surface area (Å²) >= 11 is 0. The van der Waals surface area contributed by atoms with Gasteiger partial charge in [-0.3, -0.25) is 30.3 Å². The third-order valence-corrected chi connectivity index (χ3v) is 7.34. The average molecular weight is 688 g/mol. The summed E-state index contributed by atoms with van der Waals surface area (Å²) in [6.07, 6.45) is -5.61. The number of hydrogen-bond donors (Lipinski definition) is 0. The molecule has 0 aromatic heterocycles. The van der Waals surface area contributed by atoms with Gasteiger partial charge in [0.2, 0.25) is 6.29 Å². The molecule has 4 aromatic rings. The van der Waals surface area contributed by atoms with Crippen LogP contribution in [0.1, 0.15) is 36.6 Å². The molecule has 0 unspecified atom stereocenters. The molecule has 0 saturated carbocycles. The van der Waals surface area contributed by atoms with E-state index >= 15 is 0 Å². The summed E-state index contributed by atoms with van der Waals surface area (Å²) in [6.45, 7) is -0.661. The second-order valence-electron chi connectivity index (χ2n) is 10.6. The molecule has 4 aromatic carbocycles. The number of esters is 3. The van der Waals surface area contributed by atoms with Crippen LogP contribution in [0.3, 0.4) is 0 Å². The van der Waals surface area contributed by atoms with Crippen molar-refractivity contribution in [2.24, 2.45) is 0 Å². The number of rotatable bonds is 13. The van der Waals surface area contributed by atoms with E-state index in [-0.39, 0.29) is 40.4 Å². The fourth-order valence-corrected chi connectivity index (χ4v) is 4.77. The first-order valence-corrected chi connectivity index (χ1v) is 14.6. The molecule has 17 heteroatoms. The highest BCUT2D eigenvalue weighted by Gasteiger charge is 2.51. The molecule has 0 amide bonds. The zero-order chi connectivity index (χ0) is 35.8. The van der Waals surface area contributed by atoms with Crippen molar-refractivity contribution in [2.75, 3.05) is 6.61 Å². The molecule has 0 aliphatic carbocycles. The summed E-state index contributed by atoms with van der Waals surface area (Å²) < 4.78 is 28.8. The summed E-state index contributed by atoms with van der Waals surface area (Å²) in [7, 11) is 0. The van der Waals surface area contributed by atoms with Gasteiger partial charge in [-0.25, -0.2) is 14.4 Å². The number of nitro benzene ring substituents is 3. The highest BCUT2D eigenvalue weighted by atomic mass is 16.7. The predicted octanol–water partition coefficient (Wildman–Crippen LogP) is 4.96. The van der Waals surface area contributed by atoms with Crippen molar-refractivity contribution in [3.8, 4) is 0 Å². The van der Waals surface area contributed by atoms with Crippen LogP contribution in [-0.4, -0.2) is 63.9 Å². The quantitative estimate of drug-likeness (QED) is 0.0783. The van der Waals surface area contributed by atoms with Gasteiger partial charge in [-0.05, 0) is 42.0 Å². The number of carbonyl (C=O) groups excluding carboxylic acids is 3. The summed E-state index contributed by atoms with van der Waals surface area (Å²) in [5, 5.41) is 33.2. The maximum absolute atomic E-state index is 13.3. The predicted molar refractivity (Wildman–Crippen MR) is 168 cm³/mol. The lowest BCUT2D eigenvalue weighted by Crippen LogP contribution is -2.41. The van der Waals surface area contributed by atoms with Crippen LogP contribution in [-0.2, 0) is 30.3 Å². The van der Waals surface area contributed by atoms with E-state index in [0.717, 1.165) is 36.4 Å². The molecule has 1 saturated heterocycles. The third kappa shape index (κ3) is 8.46. The van der Waals surface area contributed by atoms with E-state index in [2.05, 4.69) is 0 Å². The van der Waals surface area contributed by atoms with Crippen molar-refractivity contribution in [2.45, 2.75) is 31.2 Å². The maximum Gasteiger partial charge on any atom is 0.340 e. The molecular weight excluding hydrogens is 662 g/mol. The maximum atomic E-state index is 13.3. The highest BCUT2D eigenvalue weighted by Crippen LogP contribution is 2.31. The zero-order valence-electron chi connectivity index (χ0n) is 25.6. The summed E-state index contributed by atoms with van der Waals surface area (Å²) in [5.74, 6) is -2.84. The normalized spacial score (nSPS) is 18.1. The molecule has 1 aliphatic rings. The van der Waals surface area contributed by atoms with E-state index < -0.39 is 63.9 Å². The Morgan fingerprint density at radius 1 is 0.580 bits per heavy atom. The Labute approximate surface area is 281 Å². The monoisotopic (exact) mass is 687 g/mol. The topological polar surface area (TPSA) is 227 Å². The van der Waals surface area contributed by atoms with E-state index in [1.807, 2.05) is 0 Å². The Balaban J connectivity index is 1.42. The van der Waals surface area contributed by atoms with Crippen LogP contribution in [0.4, 0.5) is 17.1 Å². The van der Waals surface area contributed by atoms with E-state index in [9.17, 15) is 44.7 Å². The van der Waals surface area contributed by atoms with Crippen molar-refractivity contribution < 1.29 is 52.8 Å². The first kappa shape index (κ1) is 34.7. The van der Waals surface area contributed by atoms with Crippen LogP contribution < -0.4 is 0 Å². The van der Waals surface area contributed by atoms with Crippen LogP contribution in [0.15, 0.2) is 103 Å². The molecule has 256 valence electrons. The molecule has 0 bridgehead atoms. The smallest absolute Gasteiger partial charge is 0.340 e. The minimum absolute atomic E-state index is 0.0361. The molecule has 4 atom stereocenters. The minimum Gasteiger partial charge on any atom is -0.459 e. The van der Waals surface area contributed by atoms with Gasteiger partial charge in [-0.1, -0.05) is 30.3 Å². The van der Waals surface area contributed by atoms with E-state index in [1.54, 1.807) is 30.3 Å². The number of benzene rings is 4. The van der Waals surface area contributed by atoms with Crippen LogP contribution in [0.5, 0.6) is 0 Å². The fraction of sp³-hybridized carbons (Fsp3) is 0.182. The van der Waals surface area contributed by atoms with Crippen molar-refractivity contribution in [3.63, 3.8) is 0 Å². The number of nitro groups is 3. The summed E-state index contributed by atoms with van der Waals surface area (Å²) in [6, 6.07) is 22.5. The second kappa shape index (κ2) is 15.5. The van der Waals surface area contributed by atoms with E-state index in [1.165, 1.54) is 36.4 Å². The molecule has 17 nitrogen and oxygen atoms in total. The SMILES string of the molecule is O=C(OC[C@H]1O[C@H](OC(=O)c2ccc([N+](=O)[O-])cc2)[C@@H](OCc2ccccc2)[C@@H]1OC(=O)c1ccc([N+](=O)[O-])cc1)c1ccc([N+](=O)[O-])cc1. The van der Waals surface area contributed by atoms with Crippen LogP contribution in [0.2, 0.25) is 0 Å². The van der Waals surface area contributed by atoms with Crippen molar-refractivity contribution in [1.82, 2.24) is 0 Å². The first-order valence-electron chi connectivity index (χ1n) is 14.6. The molecule has 1 fully saturated rings. The van der Waals surface area contributed by atoms with Gasteiger partial charge < -0.3 is 23.7 Å². The molecule has 0 radical (unpaired) electrons. The van der Waals surface area contributed by atoms with Gasteiger partial charge >= 0.3 is 17.9 Å². The Kier molecular flexibility index (Phi) is 10.8. The number of hydrogen-bond acceptors (Lipinski definition) is 14. The summed E-state index contributed by atoms with van der Waals surface area (Å²) in [4.78, 5) is 70.5. The minimum atomic E-state index is -1.57. The lowest BCUT2D eigenvalue weighted by atomic mass is 10.1. The van der Waals surface area contributed by atoms with Crippen LogP contribution >= 0.6 is 0 Å². The zero-order valence-corrected chi connectivity index (χ0v) is 25.6. The lowest BCUT2D eigenvalue weighted by molar-refractivity contribution is -0.385. The van der Waals surface area contributed by atoms with Crippen LogP contribution in [0.25, 0.3) is 0 Å². The molecule has 1 aliphatic heterocycles. The van der Waals surface area contributed by atoms with E-state index in [0.29, 0.717) is 5.56 Å². The van der Waals surface area contributed by atoms with Gasteiger partial charge in [0.25, 0.3) is 17.1 Å². The molecular formula is C33H25N3O14. The van der Waals surface area contributed by atoms with Crippen molar-refractivity contribution >= 4 is 35.0 Å². The standard InChI is InChI=1S/C33H25N3O14/c37-30(21-6-12-24(13-7-21)34(40)41)47-19-27-28(49-31(38)22-8-14-25(15-9-22)35(42)43)29(46-18-20-4-2-1-3-5-20)33(48-27)50-32(39)23-10-16-26(17-11-23)36(44)45/h1-17,27-29,33H,18-19H2/t27-,28-,29+,33-/m1/s1. The van der Waals surface area contributed by atoms with Crippen molar-refractivity contribution in [1.29, 1.82) is 0 Å². The van der Waals surface area contributed by atoms with Gasteiger partial charge in [-0.15, -0.1) is 0 Å². The number of nitrogens with zero attached hydrogens (tertiary/aromatic N) is 3. The lowest BCUT2D eigenvalue weighted by Gasteiger charge is -2.24. The largest absolute Gasteiger partial charge is 0.459 e. The van der Waals surface area contributed by atoms with Gasteiger partial charge in [0.15, 0.2) is 12.2 Å². The Morgan fingerprint density at radius 2 is 1.02 bits per heavy atom. The Hall–Kier alpha value is -6.59. The molecule has 0 spiro atoms.